The van der Waals surface area contributed by atoms with Crippen molar-refractivity contribution < 1.29 is 23.9 Å². The van der Waals surface area contributed by atoms with Gasteiger partial charge >= 0.3 is 12.1 Å². The highest BCUT2D eigenvalue weighted by Gasteiger charge is 2.27. The standard InChI is InChI=1S/C20H21Cl2N3O5/c1-12(2)17(25-20(28)30-10-13-6-4-3-5-7-13)19(27)29-11-16(26)24-18-15(22)8-14(21)9-23-18/h3-9,12,17H,10-11H2,1-2H3,(H,25,28)(H,23,24,26)/t17-/m1/s1. The minimum Gasteiger partial charge on any atom is -0.454 e. The molecule has 10 heteroatoms. The fourth-order valence-electron chi connectivity index (χ4n) is 2.29. The summed E-state index contributed by atoms with van der Waals surface area (Å²) in [6, 6.07) is 9.53. The van der Waals surface area contributed by atoms with E-state index in [4.69, 9.17) is 32.7 Å². The lowest BCUT2D eigenvalue weighted by Gasteiger charge is -2.20. The number of pyridine rings is 1. The van der Waals surface area contributed by atoms with Crippen LogP contribution in [0.4, 0.5) is 10.6 Å². The first-order chi connectivity index (χ1) is 14.3. The van der Waals surface area contributed by atoms with Crippen LogP contribution in [-0.4, -0.2) is 35.6 Å². The van der Waals surface area contributed by atoms with Gasteiger partial charge in [-0.2, -0.15) is 0 Å². The van der Waals surface area contributed by atoms with Crippen LogP contribution < -0.4 is 10.6 Å². The van der Waals surface area contributed by atoms with Crippen LogP contribution in [0.3, 0.4) is 0 Å². The van der Waals surface area contributed by atoms with Crippen LogP contribution in [0.1, 0.15) is 19.4 Å². The van der Waals surface area contributed by atoms with E-state index in [0.29, 0.717) is 5.02 Å². The van der Waals surface area contributed by atoms with E-state index in [1.165, 1.54) is 12.3 Å². The molecule has 2 rings (SSSR count). The molecule has 0 aliphatic carbocycles. The lowest BCUT2D eigenvalue weighted by molar-refractivity contribution is -0.150. The third-order valence-electron chi connectivity index (χ3n) is 3.82. The number of hydrogen-bond acceptors (Lipinski definition) is 6. The first-order valence-electron chi connectivity index (χ1n) is 9.01. The van der Waals surface area contributed by atoms with E-state index in [-0.39, 0.29) is 23.4 Å². The van der Waals surface area contributed by atoms with E-state index < -0.39 is 30.6 Å². The molecule has 2 N–H and O–H groups in total. The average molecular weight is 454 g/mol. The van der Waals surface area contributed by atoms with Crippen molar-refractivity contribution in [2.45, 2.75) is 26.5 Å². The molecule has 2 aromatic rings. The van der Waals surface area contributed by atoms with Gasteiger partial charge in [-0.25, -0.2) is 14.6 Å². The van der Waals surface area contributed by atoms with Gasteiger partial charge in [-0.05, 0) is 17.5 Å². The van der Waals surface area contributed by atoms with E-state index in [9.17, 15) is 14.4 Å². The molecule has 0 unspecified atom stereocenters. The smallest absolute Gasteiger partial charge is 0.408 e. The van der Waals surface area contributed by atoms with Crippen LogP contribution in [0.5, 0.6) is 0 Å². The summed E-state index contributed by atoms with van der Waals surface area (Å²) in [4.78, 5) is 40.2. The minimum atomic E-state index is -0.988. The summed E-state index contributed by atoms with van der Waals surface area (Å²) in [6.07, 6.45) is 0.547. The number of amides is 2. The van der Waals surface area contributed by atoms with Crippen molar-refractivity contribution in [3.8, 4) is 0 Å². The number of aromatic nitrogens is 1. The van der Waals surface area contributed by atoms with E-state index in [1.807, 2.05) is 30.3 Å². The molecule has 1 aromatic heterocycles. The van der Waals surface area contributed by atoms with Gasteiger partial charge in [-0.15, -0.1) is 0 Å². The number of alkyl carbamates (subject to hydrolysis) is 1. The van der Waals surface area contributed by atoms with Gasteiger partial charge in [0.15, 0.2) is 12.4 Å². The maximum Gasteiger partial charge on any atom is 0.408 e. The summed E-state index contributed by atoms with van der Waals surface area (Å²) >= 11 is 11.7. The number of halogens is 2. The minimum absolute atomic E-state index is 0.0593. The van der Waals surface area contributed by atoms with Gasteiger partial charge < -0.3 is 20.1 Å². The molecule has 0 radical (unpaired) electrons. The third-order valence-corrected chi connectivity index (χ3v) is 4.31. The molecule has 0 saturated carbocycles. The van der Waals surface area contributed by atoms with Crippen LogP contribution in [0.25, 0.3) is 0 Å². The number of esters is 1. The summed E-state index contributed by atoms with van der Waals surface area (Å²) in [7, 11) is 0. The molecule has 0 spiro atoms. The Hall–Kier alpha value is -2.84. The maximum atomic E-state index is 12.3. The highest BCUT2D eigenvalue weighted by Crippen LogP contribution is 2.22. The van der Waals surface area contributed by atoms with Crippen molar-refractivity contribution in [1.29, 1.82) is 0 Å². The fraction of sp³-hybridized carbons (Fsp3) is 0.300. The van der Waals surface area contributed by atoms with Crippen molar-refractivity contribution >= 4 is 47.0 Å². The Morgan fingerprint density at radius 2 is 1.80 bits per heavy atom. The summed E-state index contributed by atoms with van der Waals surface area (Å²) < 4.78 is 10.1. The Bertz CT molecular complexity index is 893. The molecule has 0 bridgehead atoms. The van der Waals surface area contributed by atoms with Crippen molar-refractivity contribution in [1.82, 2.24) is 10.3 Å². The number of benzene rings is 1. The molecule has 0 aliphatic heterocycles. The largest absolute Gasteiger partial charge is 0.454 e. The zero-order chi connectivity index (χ0) is 22.1. The molecule has 2 amide bonds. The van der Waals surface area contributed by atoms with Gasteiger partial charge in [0, 0.05) is 6.20 Å². The predicted molar refractivity (Wildman–Crippen MR) is 112 cm³/mol. The Morgan fingerprint density at radius 3 is 2.43 bits per heavy atom. The predicted octanol–water partition coefficient (Wildman–Crippen LogP) is 3.82. The topological polar surface area (TPSA) is 107 Å². The Balaban J connectivity index is 1.83. The number of nitrogens with one attached hydrogen (secondary N) is 2. The van der Waals surface area contributed by atoms with E-state index >= 15 is 0 Å². The second-order valence-electron chi connectivity index (χ2n) is 6.57. The first-order valence-corrected chi connectivity index (χ1v) is 9.76. The van der Waals surface area contributed by atoms with Crippen LogP contribution in [0.15, 0.2) is 42.6 Å². The van der Waals surface area contributed by atoms with Crippen LogP contribution in [-0.2, 0) is 25.7 Å². The lowest BCUT2D eigenvalue weighted by Crippen LogP contribution is -2.46. The molecule has 30 heavy (non-hydrogen) atoms. The molecular formula is C20H21Cl2N3O5. The molecule has 160 valence electrons. The number of ether oxygens (including phenoxy) is 2. The van der Waals surface area contributed by atoms with Crippen molar-refractivity contribution in [2.75, 3.05) is 11.9 Å². The monoisotopic (exact) mass is 453 g/mol. The Labute approximate surface area is 183 Å². The van der Waals surface area contributed by atoms with E-state index in [0.717, 1.165) is 5.56 Å². The van der Waals surface area contributed by atoms with Crippen molar-refractivity contribution in [3.63, 3.8) is 0 Å². The van der Waals surface area contributed by atoms with Gasteiger partial charge in [0.25, 0.3) is 5.91 Å². The SMILES string of the molecule is CC(C)[C@@H](NC(=O)OCc1ccccc1)C(=O)OCC(=O)Nc1ncc(Cl)cc1Cl. The molecule has 1 aromatic carbocycles. The Morgan fingerprint density at radius 1 is 1.10 bits per heavy atom. The van der Waals surface area contributed by atoms with E-state index in [2.05, 4.69) is 15.6 Å². The van der Waals surface area contributed by atoms with Gasteiger partial charge in [0.2, 0.25) is 0 Å². The first kappa shape index (κ1) is 23.4. The summed E-state index contributed by atoms with van der Waals surface area (Å²) in [5.41, 5.74) is 0.808. The van der Waals surface area contributed by atoms with Gasteiger partial charge in [-0.1, -0.05) is 67.4 Å². The van der Waals surface area contributed by atoms with Crippen LogP contribution in [0.2, 0.25) is 10.0 Å². The van der Waals surface area contributed by atoms with Gasteiger partial charge in [0.05, 0.1) is 10.0 Å². The molecule has 1 atom stereocenters. The zero-order valence-corrected chi connectivity index (χ0v) is 17.9. The summed E-state index contributed by atoms with van der Waals surface area (Å²) in [5.74, 6) is -1.62. The third kappa shape index (κ3) is 7.53. The van der Waals surface area contributed by atoms with Crippen molar-refractivity contribution in [3.05, 3.63) is 58.2 Å². The number of hydrogen-bond donors (Lipinski definition) is 2. The second kappa shape index (κ2) is 11.4. The number of carbonyl (C=O) groups excluding carboxylic acids is 3. The number of anilines is 1. The second-order valence-corrected chi connectivity index (χ2v) is 7.41. The Kier molecular flexibility index (Phi) is 8.89. The fourth-order valence-corrected chi connectivity index (χ4v) is 2.72. The maximum absolute atomic E-state index is 12.3. The van der Waals surface area contributed by atoms with Crippen molar-refractivity contribution in [2.24, 2.45) is 5.92 Å². The summed E-state index contributed by atoms with van der Waals surface area (Å²) in [6.45, 7) is 2.93. The van der Waals surface area contributed by atoms with E-state index in [1.54, 1.807) is 13.8 Å². The van der Waals surface area contributed by atoms with Crippen LogP contribution >= 0.6 is 23.2 Å². The molecule has 1 heterocycles. The zero-order valence-electron chi connectivity index (χ0n) is 16.4. The van der Waals surface area contributed by atoms with Gasteiger partial charge in [0.1, 0.15) is 12.6 Å². The average Bonchev–Trinajstić information content (AvgIpc) is 2.71. The number of rotatable bonds is 8. The summed E-state index contributed by atoms with van der Waals surface area (Å²) in [5, 5.41) is 5.33. The number of carbonyl (C=O) groups is 3. The molecule has 0 saturated heterocycles. The van der Waals surface area contributed by atoms with Crippen LogP contribution in [0, 0.1) is 5.92 Å². The quantitative estimate of drug-likeness (QED) is 0.588. The highest BCUT2D eigenvalue weighted by molar-refractivity contribution is 6.36. The molecule has 0 aliphatic rings. The highest BCUT2D eigenvalue weighted by atomic mass is 35.5. The lowest BCUT2D eigenvalue weighted by atomic mass is 10.1. The molecule has 8 nitrogen and oxygen atoms in total. The number of nitrogens with zero attached hydrogens (tertiary/aromatic N) is 1. The molecule has 0 fully saturated rings. The molecular weight excluding hydrogens is 433 g/mol. The van der Waals surface area contributed by atoms with Gasteiger partial charge in [-0.3, -0.25) is 4.79 Å². The normalized spacial score (nSPS) is 11.5.